The molecule has 112 valence electrons. The number of furan rings is 1. The van der Waals surface area contributed by atoms with Crippen LogP contribution < -0.4 is 0 Å². The Morgan fingerprint density at radius 1 is 0.522 bits per heavy atom. The lowest BCUT2D eigenvalue weighted by Crippen LogP contribution is -1.74. The van der Waals surface area contributed by atoms with Crippen molar-refractivity contribution in [3.8, 4) is 34.1 Å². The molecule has 0 bridgehead atoms. The molecule has 3 heteroatoms. The summed E-state index contributed by atoms with van der Waals surface area (Å²) in [4.78, 5) is 0. The molecule has 0 amide bonds. The van der Waals surface area contributed by atoms with E-state index in [0.29, 0.717) is 0 Å². The van der Waals surface area contributed by atoms with Gasteiger partial charge in [0.1, 0.15) is 23.0 Å². The second kappa shape index (κ2) is 5.21. The summed E-state index contributed by atoms with van der Waals surface area (Å²) in [5.41, 5.74) is 1.81. The van der Waals surface area contributed by atoms with Crippen molar-refractivity contribution in [1.29, 1.82) is 0 Å². The second-order valence-electron chi connectivity index (χ2n) is 5.40. The van der Waals surface area contributed by atoms with Gasteiger partial charge in [-0.05, 0) is 48.5 Å². The van der Waals surface area contributed by atoms with Crippen molar-refractivity contribution in [2.75, 3.05) is 0 Å². The standard InChI is InChI=1S/C20H14O3/c21-15-9-5-13(6-10-15)19-17-3-1-2-4-18(17)20(23-19)14-7-11-16(22)12-8-14/h1-12,21-22H. The maximum Gasteiger partial charge on any atom is 0.142 e. The van der Waals surface area contributed by atoms with Gasteiger partial charge in [-0.3, -0.25) is 0 Å². The van der Waals surface area contributed by atoms with E-state index < -0.39 is 0 Å². The van der Waals surface area contributed by atoms with Crippen LogP contribution in [0.4, 0.5) is 0 Å². The Hall–Kier alpha value is -3.20. The molecule has 1 heterocycles. The number of phenols is 2. The Balaban J connectivity index is 1.96. The highest BCUT2D eigenvalue weighted by Crippen LogP contribution is 2.39. The zero-order valence-electron chi connectivity index (χ0n) is 12.2. The fourth-order valence-corrected chi connectivity index (χ4v) is 2.75. The van der Waals surface area contributed by atoms with E-state index in [4.69, 9.17) is 4.42 Å². The molecule has 0 spiro atoms. The van der Waals surface area contributed by atoms with Gasteiger partial charge >= 0.3 is 0 Å². The first kappa shape index (κ1) is 13.5. The average Bonchev–Trinajstić information content (AvgIpc) is 2.96. The van der Waals surface area contributed by atoms with Gasteiger partial charge in [-0.25, -0.2) is 0 Å². The molecule has 0 saturated carbocycles. The summed E-state index contributed by atoms with van der Waals surface area (Å²) in [5.74, 6) is 1.99. The molecular formula is C20H14O3. The van der Waals surface area contributed by atoms with Crippen LogP contribution in [0.15, 0.2) is 77.2 Å². The number of aromatic hydroxyl groups is 2. The number of fused-ring (bicyclic) bond motifs is 1. The van der Waals surface area contributed by atoms with Crippen LogP contribution in [0.25, 0.3) is 33.4 Å². The third-order valence-corrected chi connectivity index (χ3v) is 3.88. The maximum absolute atomic E-state index is 9.47. The van der Waals surface area contributed by atoms with Crippen LogP contribution >= 0.6 is 0 Å². The summed E-state index contributed by atoms with van der Waals surface area (Å²) in [7, 11) is 0. The van der Waals surface area contributed by atoms with E-state index in [0.717, 1.165) is 33.4 Å². The van der Waals surface area contributed by atoms with Gasteiger partial charge < -0.3 is 14.6 Å². The van der Waals surface area contributed by atoms with Crippen molar-refractivity contribution in [2.45, 2.75) is 0 Å². The van der Waals surface area contributed by atoms with Gasteiger partial charge in [-0.2, -0.15) is 0 Å². The number of phenolic OH excluding ortho intramolecular Hbond substituents is 2. The fraction of sp³-hybridized carbons (Fsp3) is 0. The first-order valence-corrected chi connectivity index (χ1v) is 7.33. The normalized spacial score (nSPS) is 11.0. The molecule has 2 N–H and O–H groups in total. The third kappa shape index (κ3) is 2.32. The summed E-state index contributed by atoms with van der Waals surface area (Å²) in [6.07, 6.45) is 0. The molecule has 23 heavy (non-hydrogen) atoms. The quantitative estimate of drug-likeness (QED) is 0.536. The summed E-state index contributed by atoms with van der Waals surface area (Å²) < 4.78 is 6.15. The minimum Gasteiger partial charge on any atom is -0.508 e. The van der Waals surface area contributed by atoms with Crippen molar-refractivity contribution < 1.29 is 14.6 Å². The van der Waals surface area contributed by atoms with E-state index in [-0.39, 0.29) is 11.5 Å². The zero-order valence-corrected chi connectivity index (χ0v) is 12.2. The summed E-state index contributed by atoms with van der Waals surface area (Å²) in [6.45, 7) is 0. The Labute approximate surface area is 133 Å². The smallest absolute Gasteiger partial charge is 0.142 e. The van der Waals surface area contributed by atoms with Gasteiger partial charge in [0, 0.05) is 21.9 Å². The SMILES string of the molecule is Oc1ccc(-c2oc(-c3ccc(O)cc3)c3ccccc23)cc1. The highest BCUT2D eigenvalue weighted by Gasteiger charge is 2.15. The van der Waals surface area contributed by atoms with E-state index >= 15 is 0 Å². The van der Waals surface area contributed by atoms with Crippen molar-refractivity contribution in [1.82, 2.24) is 0 Å². The number of hydrogen-bond donors (Lipinski definition) is 2. The lowest BCUT2D eigenvalue weighted by molar-refractivity contribution is 0.475. The van der Waals surface area contributed by atoms with E-state index in [1.807, 2.05) is 48.5 Å². The lowest BCUT2D eigenvalue weighted by Gasteiger charge is -1.99. The van der Waals surface area contributed by atoms with Gasteiger partial charge in [0.15, 0.2) is 0 Å². The van der Waals surface area contributed by atoms with Crippen LogP contribution in [0.1, 0.15) is 0 Å². The van der Waals surface area contributed by atoms with Crippen molar-refractivity contribution in [3.05, 3.63) is 72.8 Å². The van der Waals surface area contributed by atoms with Crippen molar-refractivity contribution in [3.63, 3.8) is 0 Å². The van der Waals surface area contributed by atoms with E-state index in [9.17, 15) is 10.2 Å². The molecule has 0 fully saturated rings. The van der Waals surface area contributed by atoms with Gasteiger partial charge in [0.2, 0.25) is 0 Å². The van der Waals surface area contributed by atoms with Crippen molar-refractivity contribution in [2.24, 2.45) is 0 Å². The highest BCUT2D eigenvalue weighted by molar-refractivity contribution is 6.02. The summed E-state index contributed by atoms with van der Waals surface area (Å²) in [5, 5.41) is 21.0. The molecule has 0 aliphatic rings. The Kier molecular flexibility index (Phi) is 3.05. The molecule has 4 aromatic rings. The van der Waals surface area contributed by atoms with Gasteiger partial charge in [-0.1, -0.05) is 24.3 Å². The molecule has 4 rings (SSSR count). The first-order valence-electron chi connectivity index (χ1n) is 7.33. The van der Waals surface area contributed by atoms with E-state index in [1.165, 1.54) is 0 Å². The molecule has 0 saturated heterocycles. The van der Waals surface area contributed by atoms with Gasteiger partial charge in [0.25, 0.3) is 0 Å². The molecule has 0 unspecified atom stereocenters. The van der Waals surface area contributed by atoms with Crippen molar-refractivity contribution >= 4 is 10.8 Å². The monoisotopic (exact) mass is 302 g/mol. The summed E-state index contributed by atoms with van der Waals surface area (Å²) >= 11 is 0. The number of benzene rings is 3. The minimum absolute atomic E-state index is 0.225. The Bertz CT molecular complexity index is 885. The maximum atomic E-state index is 9.47. The predicted molar refractivity (Wildman–Crippen MR) is 90.4 cm³/mol. The largest absolute Gasteiger partial charge is 0.508 e. The van der Waals surface area contributed by atoms with Gasteiger partial charge in [-0.15, -0.1) is 0 Å². The van der Waals surface area contributed by atoms with Crippen LogP contribution in [0, 0.1) is 0 Å². The van der Waals surface area contributed by atoms with Crippen LogP contribution in [-0.2, 0) is 0 Å². The molecular weight excluding hydrogens is 288 g/mol. The van der Waals surface area contributed by atoms with Crippen LogP contribution in [0.3, 0.4) is 0 Å². The minimum atomic E-state index is 0.225. The number of hydrogen-bond acceptors (Lipinski definition) is 3. The molecule has 0 aliphatic heterocycles. The van der Waals surface area contributed by atoms with Crippen LogP contribution in [-0.4, -0.2) is 10.2 Å². The lowest BCUT2D eigenvalue weighted by atomic mass is 10.0. The third-order valence-electron chi connectivity index (χ3n) is 3.88. The topological polar surface area (TPSA) is 53.6 Å². The molecule has 1 aromatic heterocycles. The van der Waals surface area contributed by atoms with E-state index in [2.05, 4.69) is 0 Å². The first-order chi connectivity index (χ1) is 11.2. The second-order valence-corrected chi connectivity index (χ2v) is 5.40. The molecule has 3 nitrogen and oxygen atoms in total. The molecule has 0 aliphatic carbocycles. The van der Waals surface area contributed by atoms with E-state index in [1.54, 1.807) is 24.3 Å². The summed E-state index contributed by atoms with van der Waals surface area (Å²) in [6, 6.07) is 21.9. The zero-order chi connectivity index (χ0) is 15.8. The Morgan fingerprint density at radius 2 is 0.913 bits per heavy atom. The highest BCUT2D eigenvalue weighted by atomic mass is 16.3. The molecule has 0 radical (unpaired) electrons. The number of rotatable bonds is 2. The molecule has 3 aromatic carbocycles. The van der Waals surface area contributed by atoms with Gasteiger partial charge in [0.05, 0.1) is 0 Å². The Morgan fingerprint density at radius 3 is 1.30 bits per heavy atom. The predicted octanol–water partition coefficient (Wildman–Crippen LogP) is 5.18. The fourth-order valence-electron chi connectivity index (χ4n) is 2.75. The van der Waals surface area contributed by atoms with Crippen LogP contribution in [0.5, 0.6) is 11.5 Å². The molecule has 0 atom stereocenters. The average molecular weight is 302 g/mol. The van der Waals surface area contributed by atoms with Crippen LogP contribution in [0.2, 0.25) is 0 Å².